The van der Waals surface area contributed by atoms with Crippen molar-refractivity contribution in [3.63, 3.8) is 0 Å². The molecule has 0 atom stereocenters. The molecule has 1 N–H and O–H groups in total. The second-order valence-corrected chi connectivity index (χ2v) is 10.6. The molecule has 0 fully saturated rings. The molecular formula is C33H45N3O. The Morgan fingerprint density at radius 1 is 0.676 bits per heavy atom. The van der Waals surface area contributed by atoms with E-state index >= 15 is 0 Å². The lowest BCUT2D eigenvalue weighted by Gasteiger charge is -2.06. The van der Waals surface area contributed by atoms with Crippen molar-refractivity contribution in [2.45, 2.75) is 110 Å². The van der Waals surface area contributed by atoms with Crippen LogP contribution in [0, 0.1) is 0 Å². The molecule has 2 aromatic heterocycles. The third-order valence-electron chi connectivity index (χ3n) is 7.61. The van der Waals surface area contributed by atoms with Gasteiger partial charge in [-0.3, -0.25) is 9.20 Å². The predicted molar refractivity (Wildman–Crippen MR) is 157 cm³/mol. The minimum Gasteiger partial charge on any atom is -0.319 e. The van der Waals surface area contributed by atoms with Gasteiger partial charge in [0.2, 0.25) is 0 Å². The predicted octanol–water partition coefficient (Wildman–Crippen LogP) is 9.26. The zero-order valence-electron chi connectivity index (χ0n) is 22.8. The van der Waals surface area contributed by atoms with Gasteiger partial charge in [0.15, 0.2) is 0 Å². The molecular weight excluding hydrogens is 454 g/mol. The van der Waals surface area contributed by atoms with E-state index < -0.39 is 0 Å². The van der Waals surface area contributed by atoms with Gasteiger partial charge < -0.3 is 4.98 Å². The Balaban J connectivity index is 1.25. The Morgan fingerprint density at radius 2 is 1.22 bits per heavy atom. The van der Waals surface area contributed by atoms with Crippen molar-refractivity contribution in [3.05, 3.63) is 70.8 Å². The first kappa shape index (κ1) is 27.2. The molecule has 0 bridgehead atoms. The van der Waals surface area contributed by atoms with Crippen LogP contribution in [0.2, 0.25) is 0 Å². The molecule has 0 unspecified atom stereocenters. The van der Waals surface area contributed by atoms with Gasteiger partial charge >= 0.3 is 0 Å². The molecule has 0 spiro atoms. The fraction of sp³-hybridized carbons (Fsp3) is 0.515. The van der Waals surface area contributed by atoms with E-state index in [2.05, 4.69) is 22.4 Å². The van der Waals surface area contributed by atoms with Crippen LogP contribution in [0.4, 0.5) is 0 Å². The quantitative estimate of drug-likeness (QED) is 0.147. The molecule has 37 heavy (non-hydrogen) atoms. The van der Waals surface area contributed by atoms with E-state index in [0.29, 0.717) is 5.52 Å². The number of hydrogen-bond acceptors (Lipinski definition) is 2. The standard InChI is InChI=1S/C33H45N3O/c1-2-3-4-5-6-7-8-9-10-11-12-13-14-15-19-26-30-35-31(27-22-17-16-18-23-27)32-33(37)34-28-24-20-21-25-29(28)36(30)32/h16-18,20-25H,2-15,19,26H2,1H3,(H,34,37). The van der Waals surface area contributed by atoms with Gasteiger partial charge in [-0.1, -0.05) is 139 Å². The number of aromatic nitrogens is 3. The lowest BCUT2D eigenvalue weighted by atomic mass is 10.0. The fourth-order valence-electron chi connectivity index (χ4n) is 5.51. The summed E-state index contributed by atoms with van der Waals surface area (Å²) in [5.41, 5.74) is 4.22. The molecule has 0 saturated carbocycles. The van der Waals surface area contributed by atoms with E-state index in [-0.39, 0.29) is 5.56 Å². The summed E-state index contributed by atoms with van der Waals surface area (Å²) in [5.74, 6) is 0.992. The summed E-state index contributed by atoms with van der Waals surface area (Å²) in [6.45, 7) is 2.29. The SMILES string of the molecule is CCCCCCCCCCCCCCCCCc1nc(-c2ccccc2)c2c(=O)[nH]c3ccccc3n12. The van der Waals surface area contributed by atoms with E-state index in [9.17, 15) is 4.79 Å². The summed E-state index contributed by atoms with van der Waals surface area (Å²) in [7, 11) is 0. The average molecular weight is 500 g/mol. The number of aryl methyl sites for hydroxylation is 1. The van der Waals surface area contributed by atoms with Crippen molar-refractivity contribution in [1.29, 1.82) is 0 Å². The van der Waals surface area contributed by atoms with Gasteiger partial charge in [0.1, 0.15) is 17.0 Å². The smallest absolute Gasteiger partial charge is 0.275 e. The van der Waals surface area contributed by atoms with Crippen molar-refractivity contribution < 1.29 is 0 Å². The monoisotopic (exact) mass is 499 g/mol. The minimum atomic E-state index is -0.0761. The number of rotatable bonds is 17. The molecule has 0 aliphatic rings. The van der Waals surface area contributed by atoms with Crippen molar-refractivity contribution in [2.75, 3.05) is 0 Å². The zero-order chi connectivity index (χ0) is 25.7. The third kappa shape index (κ3) is 7.56. The van der Waals surface area contributed by atoms with Gasteiger partial charge in [-0.2, -0.15) is 0 Å². The van der Waals surface area contributed by atoms with Gasteiger partial charge in [-0.25, -0.2) is 4.98 Å². The minimum absolute atomic E-state index is 0.0761. The highest BCUT2D eigenvalue weighted by Gasteiger charge is 2.18. The Bertz CT molecular complexity index is 1270. The molecule has 4 rings (SSSR count). The summed E-state index contributed by atoms with van der Waals surface area (Å²) in [4.78, 5) is 21.2. The molecule has 0 aliphatic carbocycles. The van der Waals surface area contributed by atoms with Crippen molar-refractivity contribution in [2.24, 2.45) is 0 Å². The maximum atomic E-state index is 13.1. The number of imidazole rings is 1. The molecule has 0 radical (unpaired) electrons. The number of unbranched alkanes of at least 4 members (excludes halogenated alkanes) is 14. The van der Waals surface area contributed by atoms with Crippen molar-refractivity contribution in [1.82, 2.24) is 14.4 Å². The van der Waals surface area contributed by atoms with E-state index in [1.165, 1.54) is 89.9 Å². The Labute approximate surface area is 222 Å². The van der Waals surface area contributed by atoms with E-state index in [4.69, 9.17) is 4.98 Å². The number of nitrogens with zero attached hydrogens (tertiary/aromatic N) is 2. The number of para-hydroxylation sites is 2. The van der Waals surface area contributed by atoms with Crippen LogP contribution < -0.4 is 5.56 Å². The summed E-state index contributed by atoms with van der Waals surface area (Å²) in [6, 6.07) is 18.1. The Morgan fingerprint density at radius 3 is 1.84 bits per heavy atom. The van der Waals surface area contributed by atoms with Crippen LogP contribution in [-0.2, 0) is 6.42 Å². The molecule has 0 amide bonds. The topological polar surface area (TPSA) is 50.2 Å². The molecule has 0 aliphatic heterocycles. The number of nitrogens with one attached hydrogen (secondary N) is 1. The van der Waals surface area contributed by atoms with Crippen LogP contribution in [0.5, 0.6) is 0 Å². The highest BCUT2D eigenvalue weighted by molar-refractivity contribution is 5.85. The highest BCUT2D eigenvalue weighted by Crippen LogP contribution is 2.26. The first-order chi connectivity index (χ1) is 18.3. The van der Waals surface area contributed by atoms with Crippen LogP contribution in [0.3, 0.4) is 0 Å². The van der Waals surface area contributed by atoms with Crippen LogP contribution in [0.15, 0.2) is 59.4 Å². The Hall–Kier alpha value is -2.88. The molecule has 2 heterocycles. The number of hydrogen-bond donors (Lipinski definition) is 1. The first-order valence-electron chi connectivity index (χ1n) is 14.9. The van der Waals surface area contributed by atoms with Crippen LogP contribution in [0.25, 0.3) is 27.8 Å². The molecule has 4 heteroatoms. The Kier molecular flexibility index (Phi) is 10.8. The first-order valence-corrected chi connectivity index (χ1v) is 14.9. The van der Waals surface area contributed by atoms with E-state index in [0.717, 1.165) is 41.0 Å². The van der Waals surface area contributed by atoms with Crippen LogP contribution >= 0.6 is 0 Å². The van der Waals surface area contributed by atoms with Gasteiger partial charge in [-0.15, -0.1) is 0 Å². The van der Waals surface area contributed by atoms with Gasteiger partial charge in [0, 0.05) is 12.0 Å². The van der Waals surface area contributed by atoms with Crippen LogP contribution in [0.1, 0.15) is 109 Å². The largest absolute Gasteiger partial charge is 0.319 e. The van der Waals surface area contributed by atoms with Gasteiger partial charge in [0.05, 0.1) is 11.0 Å². The summed E-state index contributed by atoms with van der Waals surface area (Å²) >= 11 is 0. The second kappa shape index (κ2) is 14.8. The number of benzene rings is 2. The zero-order valence-corrected chi connectivity index (χ0v) is 22.8. The molecule has 4 aromatic rings. The van der Waals surface area contributed by atoms with Gasteiger partial charge in [0.25, 0.3) is 5.56 Å². The van der Waals surface area contributed by atoms with Crippen LogP contribution in [-0.4, -0.2) is 14.4 Å². The number of aromatic amines is 1. The summed E-state index contributed by atoms with van der Waals surface area (Å²) < 4.78 is 2.10. The van der Waals surface area contributed by atoms with Gasteiger partial charge in [-0.05, 0) is 18.6 Å². The highest BCUT2D eigenvalue weighted by atomic mass is 16.1. The van der Waals surface area contributed by atoms with Crippen molar-refractivity contribution in [3.8, 4) is 11.3 Å². The molecule has 2 aromatic carbocycles. The molecule has 4 nitrogen and oxygen atoms in total. The fourth-order valence-corrected chi connectivity index (χ4v) is 5.51. The maximum absolute atomic E-state index is 13.1. The second-order valence-electron chi connectivity index (χ2n) is 10.6. The normalized spacial score (nSPS) is 11.6. The summed E-state index contributed by atoms with van der Waals surface area (Å²) in [5, 5.41) is 0. The lowest BCUT2D eigenvalue weighted by molar-refractivity contribution is 0.531. The van der Waals surface area contributed by atoms with E-state index in [1.54, 1.807) is 0 Å². The molecule has 0 saturated heterocycles. The third-order valence-corrected chi connectivity index (χ3v) is 7.61. The lowest BCUT2D eigenvalue weighted by Crippen LogP contribution is -2.11. The number of fused-ring (bicyclic) bond motifs is 3. The van der Waals surface area contributed by atoms with Crippen molar-refractivity contribution >= 4 is 16.6 Å². The average Bonchev–Trinajstić information content (AvgIpc) is 3.32. The maximum Gasteiger partial charge on any atom is 0.275 e. The summed E-state index contributed by atoms with van der Waals surface area (Å²) in [6.07, 6.45) is 21.3. The van der Waals surface area contributed by atoms with E-state index in [1.807, 2.05) is 48.5 Å². The molecule has 198 valence electrons. The number of H-pyrrole nitrogens is 1.